The van der Waals surface area contributed by atoms with Crippen LogP contribution in [0.5, 0.6) is 0 Å². The molecule has 1 rings (SSSR count). The van der Waals surface area contributed by atoms with Crippen LogP contribution in [0.2, 0.25) is 0 Å². The van der Waals surface area contributed by atoms with Crippen molar-refractivity contribution in [3.8, 4) is 0 Å². The first-order valence-electron chi connectivity index (χ1n) is 3.92. The van der Waals surface area contributed by atoms with Crippen molar-refractivity contribution < 1.29 is 4.79 Å². The Kier molecular flexibility index (Phi) is 3.03. The fraction of sp³-hybridized carbons (Fsp3) is 0. The van der Waals surface area contributed by atoms with E-state index in [9.17, 15) is 4.79 Å². The molecule has 0 aromatic heterocycles. The van der Waals surface area contributed by atoms with Crippen molar-refractivity contribution in [3.05, 3.63) is 49.1 Å². The molecular formula is C11H11NO. The van der Waals surface area contributed by atoms with Crippen molar-refractivity contribution in [1.29, 1.82) is 0 Å². The molecule has 0 saturated heterocycles. The standard InChI is InChI=1S/C11H11NO/c1-3-9-5-7-10(8-6-9)12-11(13)4-2/h3-8H,1-2H2,(H,12,13). The average molecular weight is 173 g/mol. The van der Waals surface area contributed by atoms with Crippen molar-refractivity contribution in [2.75, 3.05) is 5.32 Å². The van der Waals surface area contributed by atoms with Gasteiger partial charge in [0.25, 0.3) is 0 Å². The lowest BCUT2D eigenvalue weighted by Gasteiger charge is -2.01. The van der Waals surface area contributed by atoms with Gasteiger partial charge in [-0.2, -0.15) is 0 Å². The maximum Gasteiger partial charge on any atom is 0.247 e. The largest absolute Gasteiger partial charge is 0.323 e. The summed E-state index contributed by atoms with van der Waals surface area (Å²) in [4.78, 5) is 10.9. The van der Waals surface area contributed by atoms with Crippen LogP contribution in [0.3, 0.4) is 0 Å². The highest BCUT2D eigenvalue weighted by molar-refractivity contribution is 5.98. The smallest absolute Gasteiger partial charge is 0.247 e. The van der Waals surface area contributed by atoms with Crippen LogP contribution in [0.15, 0.2) is 43.5 Å². The number of hydrogen-bond donors (Lipinski definition) is 1. The number of carbonyl (C=O) groups is 1. The summed E-state index contributed by atoms with van der Waals surface area (Å²) in [6.45, 7) is 7.00. The Bertz CT molecular complexity index is 324. The molecule has 2 nitrogen and oxygen atoms in total. The maximum atomic E-state index is 10.9. The van der Waals surface area contributed by atoms with Crippen LogP contribution < -0.4 is 5.32 Å². The van der Waals surface area contributed by atoms with Crippen LogP contribution in [0.1, 0.15) is 5.56 Å². The van der Waals surface area contributed by atoms with Gasteiger partial charge in [-0.1, -0.05) is 31.4 Å². The molecule has 0 spiro atoms. The Morgan fingerprint density at radius 3 is 2.31 bits per heavy atom. The van der Waals surface area contributed by atoms with E-state index in [1.165, 1.54) is 6.08 Å². The van der Waals surface area contributed by atoms with Gasteiger partial charge >= 0.3 is 0 Å². The Hall–Kier alpha value is -1.83. The van der Waals surface area contributed by atoms with Gasteiger partial charge in [0.1, 0.15) is 0 Å². The minimum atomic E-state index is -0.202. The summed E-state index contributed by atoms with van der Waals surface area (Å²) in [6, 6.07) is 7.40. The Morgan fingerprint density at radius 2 is 1.85 bits per heavy atom. The molecule has 0 saturated carbocycles. The van der Waals surface area contributed by atoms with Crippen molar-refractivity contribution in [1.82, 2.24) is 0 Å². The molecule has 13 heavy (non-hydrogen) atoms. The number of rotatable bonds is 3. The Morgan fingerprint density at radius 1 is 1.23 bits per heavy atom. The average Bonchev–Trinajstić information content (AvgIpc) is 2.19. The molecule has 0 heterocycles. The van der Waals surface area contributed by atoms with E-state index in [-0.39, 0.29) is 5.91 Å². The first kappa shape index (κ1) is 9.26. The second-order valence-electron chi connectivity index (χ2n) is 2.52. The highest BCUT2D eigenvalue weighted by Gasteiger charge is 1.95. The summed E-state index contributed by atoms with van der Waals surface area (Å²) in [5.41, 5.74) is 1.78. The van der Waals surface area contributed by atoms with E-state index < -0.39 is 0 Å². The number of benzene rings is 1. The molecule has 0 bridgehead atoms. The van der Waals surface area contributed by atoms with Crippen molar-refractivity contribution in [2.45, 2.75) is 0 Å². The quantitative estimate of drug-likeness (QED) is 0.699. The van der Waals surface area contributed by atoms with E-state index in [0.29, 0.717) is 0 Å². The van der Waals surface area contributed by atoms with Gasteiger partial charge in [-0.15, -0.1) is 0 Å². The highest BCUT2D eigenvalue weighted by atomic mass is 16.1. The Labute approximate surface area is 77.6 Å². The third-order valence-electron chi connectivity index (χ3n) is 1.60. The predicted octanol–water partition coefficient (Wildman–Crippen LogP) is 2.45. The molecule has 0 atom stereocenters. The topological polar surface area (TPSA) is 29.1 Å². The summed E-state index contributed by atoms with van der Waals surface area (Å²) in [5, 5.41) is 2.65. The van der Waals surface area contributed by atoms with Crippen LogP contribution in [0.25, 0.3) is 6.08 Å². The molecule has 0 aliphatic heterocycles. The van der Waals surface area contributed by atoms with Gasteiger partial charge in [-0.3, -0.25) is 4.79 Å². The van der Waals surface area contributed by atoms with E-state index in [4.69, 9.17) is 0 Å². The second kappa shape index (κ2) is 4.26. The summed E-state index contributed by atoms with van der Waals surface area (Å²) in [7, 11) is 0. The molecule has 0 aliphatic rings. The fourth-order valence-corrected chi connectivity index (χ4v) is 0.896. The van der Waals surface area contributed by atoms with Crippen LogP contribution in [0.4, 0.5) is 5.69 Å². The van der Waals surface area contributed by atoms with E-state index in [1.807, 2.05) is 24.3 Å². The molecule has 0 fully saturated rings. The summed E-state index contributed by atoms with van der Waals surface area (Å²) < 4.78 is 0. The minimum Gasteiger partial charge on any atom is -0.323 e. The highest BCUT2D eigenvalue weighted by Crippen LogP contribution is 2.09. The minimum absolute atomic E-state index is 0.202. The number of nitrogens with one attached hydrogen (secondary N) is 1. The molecular weight excluding hydrogens is 162 g/mol. The van der Waals surface area contributed by atoms with Gasteiger partial charge in [-0.25, -0.2) is 0 Å². The lowest BCUT2D eigenvalue weighted by atomic mass is 10.2. The lowest BCUT2D eigenvalue weighted by molar-refractivity contribution is -0.111. The van der Waals surface area contributed by atoms with Crippen LogP contribution >= 0.6 is 0 Å². The van der Waals surface area contributed by atoms with Crippen LogP contribution in [-0.2, 0) is 4.79 Å². The summed E-state index contributed by atoms with van der Waals surface area (Å²) >= 11 is 0. The number of anilines is 1. The zero-order chi connectivity index (χ0) is 9.68. The number of carbonyl (C=O) groups excluding carboxylic acids is 1. The van der Waals surface area contributed by atoms with Crippen molar-refractivity contribution in [2.24, 2.45) is 0 Å². The van der Waals surface area contributed by atoms with Crippen molar-refractivity contribution >= 4 is 17.7 Å². The van der Waals surface area contributed by atoms with Gasteiger partial charge in [0.15, 0.2) is 0 Å². The summed E-state index contributed by atoms with van der Waals surface area (Å²) in [5.74, 6) is -0.202. The zero-order valence-corrected chi connectivity index (χ0v) is 7.29. The molecule has 2 heteroatoms. The maximum absolute atomic E-state index is 10.9. The Balaban J connectivity index is 2.74. The van der Waals surface area contributed by atoms with Crippen molar-refractivity contribution in [3.63, 3.8) is 0 Å². The van der Waals surface area contributed by atoms with Crippen LogP contribution in [-0.4, -0.2) is 5.91 Å². The monoisotopic (exact) mass is 173 g/mol. The molecule has 0 aliphatic carbocycles. The lowest BCUT2D eigenvalue weighted by Crippen LogP contribution is -2.06. The molecule has 1 N–H and O–H groups in total. The third kappa shape index (κ3) is 2.60. The number of amides is 1. The van der Waals surface area contributed by atoms with Gasteiger partial charge in [0, 0.05) is 5.69 Å². The molecule has 1 amide bonds. The predicted molar refractivity (Wildman–Crippen MR) is 55.4 cm³/mol. The zero-order valence-electron chi connectivity index (χ0n) is 7.29. The fourth-order valence-electron chi connectivity index (χ4n) is 0.896. The SMILES string of the molecule is C=CC(=O)Nc1ccc(C=C)cc1. The molecule has 0 unspecified atom stereocenters. The molecule has 1 aromatic carbocycles. The van der Waals surface area contributed by atoms with Crippen LogP contribution in [0, 0.1) is 0 Å². The van der Waals surface area contributed by atoms with E-state index >= 15 is 0 Å². The van der Waals surface area contributed by atoms with Gasteiger partial charge in [-0.05, 0) is 23.8 Å². The second-order valence-corrected chi connectivity index (χ2v) is 2.52. The number of hydrogen-bond acceptors (Lipinski definition) is 1. The summed E-state index contributed by atoms with van der Waals surface area (Å²) in [6.07, 6.45) is 2.99. The van der Waals surface area contributed by atoms with E-state index in [0.717, 1.165) is 11.3 Å². The van der Waals surface area contributed by atoms with E-state index in [2.05, 4.69) is 18.5 Å². The molecule has 1 aromatic rings. The molecule has 0 radical (unpaired) electrons. The first-order valence-corrected chi connectivity index (χ1v) is 3.92. The third-order valence-corrected chi connectivity index (χ3v) is 1.60. The normalized spacial score (nSPS) is 8.92. The van der Waals surface area contributed by atoms with Gasteiger partial charge in [0.2, 0.25) is 5.91 Å². The van der Waals surface area contributed by atoms with Gasteiger partial charge in [0.05, 0.1) is 0 Å². The first-order chi connectivity index (χ1) is 6.26. The van der Waals surface area contributed by atoms with Gasteiger partial charge < -0.3 is 5.32 Å². The van der Waals surface area contributed by atoms with E-state index in [1.54, 1.807) is 6.08 Å². The molecule has 66 valence electrons.